The van der Waals surface area contributed by atoms with Crippen LogP contribution in [0.2, 0.25) is 0 Å². The molecule has 0 saturated heterocycles. The lowest BCUT2D eigenvalue weighted by atomic mass is 10.2. The highest BCUT2D eigenvalue weighted by Gasteiger charge is 2.09. The van der Waals surface area contributed by atoms with E-state index < -0.39 is 0 Å². The Morgan fingerprint density at radius 1 is 1.08 bits per heavy atom. The zero-order valence-corrected chi connectivity index (χ0v) is 14.5. The quantitative estimate of drug-likeness (QED) is 0.695. The van der Waals surface area contributed by atoms with E-state index in [2.05, 4.69) is 36.5 Å². The van der Waals surface area contributed by atoms with Crippen LogP contribution in [-0.2, 0) is 0 Å². The van der Waals surface area contributed by atoms with Crippen molar-refractivity contribution in [1.82, 2.24) is 9.97 Å². The van der Waals surface area contributed by atoms with Crippen molar-refractivity contribution in [1.29, 1.82) is 5.26 Å². The van der Waals surface area contributed by atoms with Crippen LogP contribution in [0.1, 0.15) is 16.1 Å². The predicted octanol–water partition coefficient (Wildman–Crippen LogP) is 4.11. The van der Waals surface area contributed by atoms with Crippen LogP contribution in [0.5, 0.6) is 0 Å². The topological polar surface area (TPSA) is 90.7 Å². The number of halogens is 1. The van der Waals surface area contributed by atoms with Crippen LogP contribution in [0.4, 0.5) is 17.3 Å². The maximum absolute atomic E-state index is 12.3. The first kappa shape index (κ1) is 16.6. The summed E-state index contributed by atoms with van der Waals surface area (Å²) < 4.78 is 0.923. The van der Waals surface area contributed by atoms with E-state index in [4.69, 9.17) is 5.26 Å². The first-order valence-corrected chi connectivity index (χ1v) is 8.10. The number of benzene rings is 2. The number of carbonyl (C=O) groups is 1. The molecule has 3 rings (SSSR count). The van der Waals surface area contributed by atoms with Crippen molar-refractivity contribution in [2.24, 2.45) is 0 Å². The molecule has 0 atom stereocenters. The molecule has 122 valence electrons. The smallest absolute Gasteiger partial charge is 0.274 e. The van der Waals surface area contributed by atoms with Crippen LogP contribution in [0.15, 0.2) is 65.3 Å². The van der Waals surface area contributed by atoms with Crippen LogP contribution < -0.4 is 10.6 Å². The van der Waals surface area contributed by atoms with Crippen molar-refractivity contribution in [2.75, 3.05) is 10.6 Å². The van der Waals surface area contributed by atoms with Crippen molar-refractivity contribution in [3.05, 3.63) is 76.5 Å². The molecule has 1 amide bonds. The summed E-state index contributed by atoms with van der Waals surface area (Å²) in [6, 6.07) is 17.7. The molecular formula is C18H12BrN5O. The van der Waals surface area contributed by atoms with Gasteiger partial charge >= 0.3 is 0 Å². The second kappa shape index (κ2) is 7.55. The van der Waals surface area contributed by atoms with Gasteiger partial charge in [-0.05, 0) is 48.5 Å². The molecule has 1 aromatic heterocycles. The average Bonchev–Trinajstić information content (AvgIpc) is 2.62. The first-order valence-electron chi connectivity index (χ1n) is 7.31. The van der Waals surface area contributed by atoms with Crippen molar-refractivity contribution in [3.8, 4) is 6.07 Å². The van der Waals surface area contributed by atoms with Crippen molar-refractivity contribution >= 4 is 39.2 Å². The van der Waals surface area contributed by atoms with E-state index in [1.807, 2.05) is 30.3 Å². The van der Waals surface area contributed by atoms with E-state index in [1.54, 1.807) is 24.3 Å². The Kier molecular flexibility index (Phi) is 5.02. The summed E-state index contributed by atoms with van der Waals surface area (Å²) in [5.41, 5.74) is 2.15. The van der Waals surface area contributed by atoms with Gasteiger partial charge in [0.1, 0.15) is 5.69 Å². The van der Waals surface area contributed by atoms with Gasteiger partial charge in [0.15, 0.2) is 0 Å². The van der Waals surface area contributed by atoms with Crippen LogP contribution in [-0.4, -0.2) is 15.9 Å². The summed E-state index contributed by atoms with van der Waals surface area (Å²) in [5.74, 6) is -0.0324. The first-order chi connectivity index (χ1) is 12.1. The zero-order valence-electron chi connectivity index (χ0n) is 12.9. The molecule has 0 aliphatic heterocycles. The van der Waals surface area contributed by atoms with Gasteiger partial charge in [0.25, 0.3) is 5.91 Å². The van der Waals surface area contributed by atoms with E-state index in [9.17, 15) is 4.79 Å². The minimum atomic E-state index is -0.357. The molecule has 2 aromatic carbocycles. The summed E-state index contributed by atoms with van der Waals surface area (Å²) in [4.78, 5) is 20.7. The summed E-state index contributed by atoms with van der Waals surface area (Å²) >= 11 is 3.40. The molecule has 0 spiro atoms. The number of anilines is 3. The highest BCUT2D eigenvalue weighted by atomic mass is 79.9. The lowest BCUT2D eigenvalue weighted by molar-refractivity contribution is 0.102. The van der Waals surface area contributed by atoms with Crippen LogP contribution >= 0.6 is 15.9 Å². The second-order valence-corrected chi connectivity index (χ2v) is 5.96. The number of aromatic nitrogens is 2. The second-order valence-electron chi connectivity index (χ2n) is 5.04. The summed E-state index contributed by atoms with van der Waals surface area (Å²) in [6.45, 7) is 0. The van der Waals surface area contributed by atoms with Crippen molar-refractivity contribution < 1.29 is 4.79 Å². The molecule has 0 radical (unpaired) electrons. The predicted molar refractivity (Wildman–Crippen MR) is 98.6 cm³/mol. The third-order valence-electron chi connectivity index (χ3n) is 3.24. The molecular weight excluding hydrogens is 382 g/mol. The Bertz CT molecular complexity index is 950. The van der Waals surface area contributed by atoms with Gasteiger partial charge in [0.2, 0.25) is 5.95 Å². The van der Waals surface area contributed by atoms with E-state index in [0.29, 0.717) is 17.2 Å². The van der Waals surface area contributed by atoms with E-state index >= 15 is 0 Å². The monoisotopic (exact) mass is 393 g/mol. The largest absolute Gasteiger partial charge is 0.324 e. The third kappa shape index (κ3) is 4.40. The lowest BCUT2D eigenvalue weighted by Gasteiger charge is -2.08. The van der Waals surface area contributed by atoms with Gasteiger partial charge in [0.05, 0.1) is 11.6 Å². The number of carbonyl (C=O) groups excluding carboxylic acids is 1. The van der Waals surface area contributed by atoms with Gasteiger partial charge in [-0.1, -0.05) is 22.0 Å². The molecule has 2 N–H and O–H groups in total. The minimum Gasteiger partial charge on any atom is -0.324 e. The SMILES string of the molecule is N#Cc1ccc(NC(=O)c2ccnc(Nc3cccc(Br)c3)n2)cc1. The Hall–Kier alpha value is -3.24. The van der Waals surface area contributed by atoms with Gasteiger partial charge in [-0.2, -0.15) is 5.26 Å². The zero-order chi connectivity index (χ0) is 17.6. The number of nitrogens with one attached hydrogen (secondary N) is 2. The standard InChI is InChI=1S/C18H12BrN5O/c19-13-2-1-3-15(10-13)23-18-21-9-8-16(24-18)17(25)22-14-6-4-12(11-20)5-7-14/h1-10H,(H,22,25)(H,21,23,24). The fourth-order valence-electron chi connectivity index (χ4n) is 2.06. The molecule has 0 fully saturated rings. The molecule has 3 aromatic rings. The fourth-order valence-corrected chi connectivity index (χ4v) is 2.46. The van der Waals surface area contributed by atoms with Gasteiger partial charge in [-0.15, -0.1) is 0 Å². The van der Waals surface area contributed by atoms with E-state index in [1.165, 1.54) is 12.3 Å². The molecule has 7 heteroatoms. The van der Waals surface area contributed by atoms with Crippen LogP contribution in [0.25, 0.3) is 0 Å². The van der Waals surface area contributed by atoms with Crippen molar-refractivity contribution in [2.45, 2.75) is 0 Å². The van der Waals surface area contributed by atoms with Crippen LogP contribution in [0, 0.1) is 11.3 Å². The molecule has 0 saturated carbocycles. The van der Waals surface area contributed by atoms with E-state index in [0.717, 1.165) is 10.2 Å². The number of nitriles is 1. The van der Waals surface area contributed by atoms with E-state index in [-0.39, 0.29) is 11.6 Å². The number of hydrogen-bond donors (Lipinski definition) is 2. The minimum absolute atomic E-state index is 0.233. The Balaban J connectivity index is 1.73. The number of nitrogens with zero attached hydrogens (tertiary/aromatic N) is 3. The number of amides is 1. The molecule has 0 aliphatic carbocycles. The molecule has 6 nitrogen and oxygen atoms in total. The maximum atomic E-state index is 12.3. The Morgan fingerprint density at radius 2 is 1.88 bits per heavy atom. The average molecular weight is 394 g/mol. The van der Waals surface area contributed by atoms with Crippen LogP contribution in [0.3, 0.4) is 0 Å². The normalized spacial score (nSPS) is 9.92. The Labute approximate surface area is 152 Å². The highest BCUT2D eigenvalue weighted by molar-refractivity contribution is 9.10. The molecule has 0 unspecified atom stereocenters. The van der Waals surface area contributed by atoms with Gasteiger partial charge in [-0.25, -0.2) is 9.97 Å². The number of rotatable bonds is 4. The van der Waals surface area contributed by atoms with Gasteiger partial charge in [0, 0.05) is 22.0 Å². The third-order valence-corrected chi connectivity index (χ3v) is 3.73. The lowest BCUT2D eigenvalue weighted by Crippen LogP contribution is -2.14. The Morgan fingerprint density at radius 3 is 2.60 bits per heavy atom. The fraction of sp³-hybridized carbons (Fsp3) is 0. The molecule has 1 heterocycles. The molecule has 0 aliphatic rings. The highest BCUT2D eigenvalue weighted by Crippen LogP contribution is 2.18. The molecule has 0 bridgehead atoms. The van der Waals surface area contributed by atoms with Crippen molar-refractivity contribution in [3.63, 3.8) is 0 Å². The maximum Gasteiger partial charge on any atom is 0.274 e. The summed E-state index contributed by atoms with van der Waals surface area (Å²) in [7, 11) is 0. The number of hydrogen-bond acceptors (Lipinski definition) is 5. The van der Waals surface area contributed by atoms with Gasteiger partial charge < -0.3 is 10.6 Å². The van der Waals surface area contributed by atoms with Gasteiger partial charge in [-0.3, -0.25) is 4.79 Å². The summed E-state index contributed by atoms with van der Waals surface area (Å²) in [5, 5.41) is 14.6. The summed E-state index contributed by atoms with van der Waals surface area (Å²) in [6.07, 6.45) is 1.51. The molecule has 25 heavy (non-hydrogen) atoms.